The van der Waals surface area contributed by atoms with Gasteiger partial charge in [-0.3, -0.25) is 0 Å². The maximum Gasteiger partial charge on any atom is 0.191 e. The summed E-state index contributed by atoms with van der Waals surface area (Å²) < 4.78 is 10.6. The van der Waals surface area contributed by atoms with Crippen molar-refractivity contribution in [3.63, 3.8) is 0 Å². The maximum absolute atomic E-state index is 10.2. The third-order valence-electron chi connectivity index (χ3n) is 4.18. The Kier molecular flexibility index (Phi) is 10.5. The molecule has 0 aliphatic rings. The van der Waals surface area contributed by atoms with Crippen molar-refractivity contribution in [1.82, 2.24) is 10.6 Å². The molecule has 0 bridgehead atoms. The molecule has 0 saturated heterocycles. The van der Waals surface area contributed by atoms with E-state index in [9.17, 15) is 5.11 Å². The van der Waals surface area contributed by atoms with Crippen molar-refractivity contribution in [3.05, 3.63) is 53.1 Å². The number of nitrogens with zero attached hydrogens (tertiary/aromatic N) is 1. The number of aromatic hydroxyl groups is 1. The Morgan fingerprint density at radius 2 is 1.79 bits per heavy atom. The van der Waals surface area contributed by atoms with Crippen LogP contribution in [0.25, 0.3) is 0 Å². The minimum absolute atomic E-state index is 0. The van der Waals surface area contributed by atoms with E-state index >= 15 is 0 Å². The highest BCUT2D eigenvalue weighted by molar-refractivity contribution is 14.0. The lowest BCUT2D eigenvalue weighted by Crippen LogP contribution is -2.38. The molecule has 0 atom stereocenters. The molecule has 2 aromatic carbocycles. The molecule has 0 saturated carbocycles. The van der Waals surface area contributed by atoms with Crippen LogP contribution in [0.3, 0.4) is 0 Å². The van der Waals surface area contributed by atoms with Crippen LogP contribution in [-0.2, 0) is 13.0 Å². The number of phenolic OH excluding ortho intramolecular Hbond substituents is 1. The predicted octanol–water partition coefficient (Wildman–Crippen LogP) is 3.63. The number of halogens is 1. The lowest BCUT2D eigenvalue weighted by Gasteiger charge is -2.13. The number of para-hydroxylation sites is 1. The fourth-order valence-corrected chi connectivity index (χ4v) is 2.74. The van der Waals surface area contributed by atoms with Crippen molar-refractivity contribution in [2.24, 2.45) is 4.99 Å². The maximum atomic E-state index is 10.2. The quantitative estimate of drug-likeness (QED) is 0.294. The molecule has 0 spiro atoms. The van der Waals surface area contributed by atoms with E-state index in [0.29, 0.717) is 25.3 Å². The summed E-state index contributed by atoms with van der Waals surface area (Å²) in [4.78, 5) is 4.64. The fraction of sp³-hybridized carbons (Fsp3) is 0.381. The third-order valence-corrected chi connectivity index (χ3v) is 4.18. The lowest BCUT2D eigenvalue weighted by molar-refractivity contribution is 0.370. The highest BCUT2D eigenvalue weighted by Crippen LogP contribution is 2.29. The first-order chi connectivity index (χ1) is 13.1. The number of guanidine groups is 1. The van der Waals surface area contributed by atoms with Gasteiger partial charge >= 0.3 is 0 Å². The summed E-state index contributed by atoms with van der Waals surface area (Å²) in [6.07, 6.45) is 0.654. The van der Waals surface area contributed by atoms with Gasteiger partial charge in [0.15, 0.2) is 17.5 Å². The third kappa shape index (κ3) is 6.78. The van der Waals surface area contributed by atoms with Crippen molar-refractivity contribution in [1.29, 1.82) is 0 Å². The number of phenols is 1. The van der Waals surface area contributed by atoms with E-state index in [1.807, 2.05) is 38.1 Å². The number of aliphatic imine (C=N–C) groups is 1. The summed E-state index contributed by atoms with van der Waals surface area (Å²) in [5.41, 5.74) is 3.02. The predicted molar refractivity (Wildman–Crippen MR) is 124 cm³/mol. The molecule has 3 N–H and O–H groups in total. The molecule has 0 radical (unpaired) electrons. The Hall–Kier alpha value is -2.16. The first-order valence-electron chi connectivity index (χ1n) is 9.09. The van der Waals surface area contributed by atoms with Crippen molar-refractivity contribution in [3.8, 4) is 17.2 Å². The second-order valence-corrected chi connectivity index (χ2v) is 6.16. The summed E-state index contributed by atoms with van der Waals surface area (Å²) in [6.45, 7) is 5.98. The molecule has 0 aliphatic carbocycles. The minimum atomic E-state index is 0. The van der Waals surface area contributed by atoms with Gasteiger partial charge in [-0.2, -0.15) is 0 Å². The molecule has 0 unspecified atom stereocenters. The van der Waals surface area contributed by atoms with Gasteiger partial charge in [0.1, 0.15) is 5.75 Å². The smallest absolute Gasteiger partial charge is 0.191 e. The van der Waals surface area contributed by atoms with Crippen LogP contribution in [0.15, 0.2) is 41.4 Å². The van der Waals surface area contributed by atoms with Gasteiger partial charge in [-0.1, -0.05) is 24.3 Å². The number of methoxy groups -OCH3 is 2. The normalized spacial score (nSPS) is 10.8. The van der Waals surface area contributed by atoms with Crippen LogP contribution in [0.2, 0.25) is 0 Å². The van der Waals surface area contributed by atoms with Crippen molar-refractivity contribution < 1.29 is 14.6 Å². The molecule has 7 heteroatoms. The number of hydrogen-bond acceptors (Lipinski definition) is 4. The zero-order valence-electron chi connectivity index (χ0n) is 16.9. The van der Waals surface area contributed by atoms with Gasteiger partial charge < -0.3 is 25.2 Å². The number of aryl methyl sites for hydroxylation is 1. The van der Waals surface area contributed by atoms with Gasteiger partial charge in [-0.25, -0.2) is 4.99 Å². The summed E-state index contributed by atoms with van der Waals surface area (Å²) >= 11 is 0. The van der Waals surface area contributed by atoms with Crippen LogP contribution in [0, 0.1) is 6.92 Å². The van der Waals surface area contributed by atoms with E-state index < -0.39 is 0 Å². The van der Waals surface area contributed by atoms with E-state index in [1.54, 1.807) is 20.3 Å². The van der Waals surface area contributed by atoms with Gasteiger partial charge in [-0.15, -0.1) is 24.0 Å². The van der Waals surface area contributed by atoms with E-state index in [2.05, 4.69) is 21.7 Å². The van der Waals surface area contributed by atoms with Crippen LogP contribution >= 0.6 is 24.0 Å². The van der Waals surface area contributed by atoms with Crippen LogP contribution in [-0.4, -0.2) is 38.4 Å². The average Bonchev–Trinajstić information content (AvgIpc) is 2.68. The Labute approximate surface area is 184 Å². The van der Waals surface area contributed by atoms with Crippen LogP contribution < -0.4 is 20.1 Å². The van der Waals surface area contributed by atoms with Gasteiger partial charge in [0.25, 0.3) is 0 Å². The summed E-state index contributed by atoms with van der Waals surface area (Å²) in [5.74, 6) is 2.24. The molecule has 0 aliphatic heterocycles. The van der Waals surface area contributed by atoms with Crippen LogP contribution in [0.4, 0.5) is 0 Å². The number of nitrogens with one attached hydrogen (secondary N) is 2. The first-order valence-corrected chi connectivity index (χ1v) is 9.09. The SMILES string of the molecule is CCNC(=NCc1ccc(C)cc1OC)NCCc1cccc(OC)c1O.I. The topological polar surface area (TPSA) is 75.1 Å². The van der Waals surface area contributed by atoms with Crippen molar-refractivity contribution >= 4 is 29.9 Å². The Bertz CT molecular complexity index is 781. The van der Waals surface area contributed by atoms with E-state index in [-0.39, 0.29) is 29.7 Å². The fourth-order valence-electron chi connectivity index (χ4n) is 2.74. The van der Waals surface area contributed by atoms with E-state index in [1.165, 1.54) is 0 Å². The Morgan fingerprint density at radius 3 is 2.46 bits per heavy atom. The molecule has 2 rings (SSSR count). The molecule has 0 heterocycles. The molecular weight excluding hydrogens is 469 g/mol. The Balaban J connectivity index is 0.00000392. The summed E-state index contributed by atoms with van der Waals surface area (Å²) in [5, 5.41) is 16.7. The van der Waals surface area contributed by atoms with Crippen LogP contribution in [0.5, 0.6) is 17.2 Å². The Morgan fingerprint density at radius 1 is 1.04 bits per heavy atom. The zero-order chi connectivity index (χ0) is 19.6. The number of benzene rings is 2. The highest BCUT2D eigenvalue weighted by atomic mass is 127. The lowest BCUT2D eigenvalue weighted by atomic mass is 10.1. The van der Waals surface area contributed by atoms with Gasteiger partial charge in [-0.05, 0) is 43.5 Å². The van der Waals surface area contributed by atoms with Gasteiger partial charge in [0.2, 0.25) is 0 Å². The number of hydrogen-bond donors (Lipinski definition) is 3. The summed E-state index contributed by atoms with van der Waals surface area (Å²) in [6, 6.07) is 11.6. The molecule has 0 fully saturated rings. The molecule has 28 heavy (non-hydrogen) atoms. The van der Waals surface area contributed by atoms with Gasteiger partial charge in [0.05, 0.1) is 20.8 Å². The molecule has 154 valence electrons. The van der Waals surface area contributed by atoms with Crippen LogP contribution in [0.1, 0.15) is 23.6 Å². The minimum Gasteiger partial charge on any atom is -0.504 e. The van der Waals surface area contributed by atoms with E-state index in [0.717, 1.165) is 34.9 Å². The molecule has 6 nitrogen and oxygen atoms in total. The first kappa shape index (κ1) is 23.9. The monoisotopic (exact) mass is 499 g/mol. The highest BCUT2D eigenvalue weighted by Gasteiger charge is 2.08. The van der Waals surface area contributed by atoms with Crippen molar-refractivity contribution in [2.75, 3.05) is 27.3 Å². The molecule has 0 amide bonds. The van der Waals surface area contributed by atoms with Gasteiger partial charge in [0, 0.05) is 18.7 Å². The number of ether oxygens (including phenoxy) is 2. The average molecular weight is 499 g/mol. The second kappa shape index (κ2) is 12.3. The molecular formula is C21H30IN3O3. The standard InChI is InChI=1S/C21H29N3O3.HI/c1-5-22-21(24-14-17-10-9-15(2)13-19(17)27-4)23-12-11-16-7-6-8-18(26-3)20(16)25;/h6-10,13,25H,5,11-12,14H2,1-4H3,(H2,22,23,24);1H. The second-order valence-electron chi connectivity index (χ2n) is 6.16. The number of rotatable bonds is 8. The molecule has 2 aromatic rings. The molecule has 0 aromatic heterocycles. The zero-order valence-corrected chi connectivity index (χ0v) is 19.2. The summed E-state index contributed by atoms with van der Waals surface area (Å²) in [7, 11) is 3.22. The van der Waals surface area contributed by atoms with Crippen molar-refractivity contribution in [2.45, 2.75) is 26.8 Å². The van der Waals surface area contributed by atoms with E-state index in [4.69, 9.17) is 9.47 Å². The largest absolute Gasteiger partial charge is 0.504 e.